The normalized spacial score (nSPS) is 17.4. The van der Waals surface area contributed by atoms with Crippen LogP contribution in [0.5, 0.6) is 0 Å². The third kappa shape index (κ3) is 3.59. The molecule has 1 aliphatic heterocycles. The highest BCUT2D eigenvalue weighted by atomic mass is 32.2. The Balaban J connectivity index is 2.31. The van der Waals surface area contributed by atoms with Crippen molar-refractivity contribution in [3.63, 3.8) is 0 Å². The zero-order valence-corrected chi connectivity index (χ0v) is 8.86. The second-order valence-electron chi connectivity index (χ2n) is 2.78. The highest BCUT2D eigenvalue weighted by Crippen LogP contribution is 2.12. The second kappa shape index (κ2) is 5.56. The molecule has 0 aromatic carbocycles. The number of carbonyl (C=O) groups is 3. The van der Waals surface area contributed by atoms with Gasteiger partial charge in [-0.15, -0.1) is 0 Å². The van der Waals surface area contributed by atoms with Crippen LogP contribution in [0.3, 0.4) is 0 Å². The summed E-state index contributed by atoms with van der Waals surface area (Å²) < 4.78 is 24.5. The SMILES string of the molecule is O=C(OCCS(=O)[O-])ON1C(=O)CCC1=O. The first-order valence-electron chi connectivity index (χ1n) is 4.27. The Morgan fingerprint density at radius 3 is 2.44 bits per heavy atom. The molecule has 16 heavy (non-hydrogen) atoms. The van der Waals surface area contributed by atoms with Crippen molar-refractivity contribution in [2.45, 2.75) is 12.8 Å². The van der Waals surface area contributed by atoms with Gasteiger partial charge in [-0.25, -0.2) is 4.79 Å². The maximum Gasteiger partial charge on any atom is 0.533 e. The number of hydroxylamine groups is 2. The lowest BCUT2D eigenvalue weighted by atomic mass is 10.4. The molecule has 0 radical (unpaired) electrons. The van der Waals surface area contributed by atoms with Crippen LogP contribution in [0.4, 0.5) is 4.79 Å². The Hall–Kier alpha value is -1.48. The first-order chi connectivity index (χ1) is 7.50. The molecule has 0 aliphatic carbocycles. The molecule has 1 fully saturated rings. The third-order valence-corrected chi connectivity index (χ3v) is 2.14. The van der Waals surface area contributed by atoms with Gasteiger partial charge in [-0.1, -0.05) is 16.1 Å². The van der Waals surface area contributed by atoms with Crippen molar-refractivity contribution >= 4 is 29.1 Å². The molecule has 0 aromatic heterocycles. The fourth-order valence-electron chi connectivity index (χ4n) is 0.952. The van der Waals surface area contributed by atoms with E-state index in [1.807, 2.05) is 0 Å². The first-order valence-corrected chi connectivity index (χ1v) is 5.51. The minimum Gasteiger partial charge on any atom is -0.772 e. The number of hydrogen-bond donors (Lipinski definition) is 0. The van der Waals surface area contributed by atoms with E-state index < -0.39 is 35.7 Å². The van der Waals surface area contributed by atoms with Gasteiger partial charge in [0.05, 0.1) is 0 Å². The number of imide groups is 1. The van der Waals surface area contributed by atoms with Crippen LogP contribution < -0.4 is 0 Å². The van der Waals surface area contributed by atoms with Crippen molar-refractivity contribution in [2.24, 2.45) is 0 Å². The van der Waals surface area contributed by atoms with E-state index in [0.29, 0.717) is 5.06 Å². The van der Waals surface area contributed by atoms with Crippen molar-refractivity contribution in [3.05, 3.63) is 0 Å². The number of hydrogen-bond acceptors (Lipinski definition) is 7. The second-order valence-corrected chi connectivity index (χ2v) is 3.80. The van der Waals surface area contributed by atoms with Crippen LogP contribution in [-0.2, 0) is 30.2 Å². The largest absolute Gasteiger partial charge is 0.772 e. The quantitative estimate of drug-likeness (QED) is 0.360. The molecule has 2 amide bonds. The average Bonchev–Trinajstić information content (AvgIpc) is 2.49. The summed E-state index contributed by atoms with van der Waals surface area (Å²) in [6.45, 7) is -0.398. The van der Waals surface area contributed by atoms with Crippen LogP contribution in [0.2, 0.25) is 0 Å². The standard InChI is InChI=1S/C7H9NO7S/c9-5-1-2-6(10)8(5)15-7(11)14-3-4-16(12)13/h1-4H2,(H,12,13)/p-1. The molecule has 90 valence electrons. The smallest absolute Gasteiger partial charge is 0.533 e. The number of carbonyl (C=O) groups excluding carboxylic acids is 3. The van der Waals surface area contributed by atoms with Crippen LogP contribution in [0.25, 0.3) is 0 Å². The molecule has 0 saturated carbocycles. The zero-order valence-electron chi connectivity index (χ0n) is 8.04. The van der Waals surface area contributed by atoms with Gasteiger partial charge < -0.3 is 9.29 Å². The molecule has 8 nitrogen and oxygen atoms in total. The summed E-state index contributed by atoms with van der Waals surface area (Å²) in [5.41, 5.74) is 0. The molecule has 1 atom stereocenters. The van der Waals surface area contributed by atoms with E-state index in [0.717, 1.165) is 0 Å². The summed E-state index contributed by atoms with van der Waals surface area (Å²) in [4.78, 5) is 37.1. The third-order valence-electron chi connectivity index (χ3n) is 1.64. The summed E-state index contributed by atoms with van der Waals surface area (Å²) in [5, 5.41) is 0.316. The van der Waals surface area contributed by atoms with Crippen LogP contribution in [-0.4, -0.2) is 44.2 Å². The van der Waals surface area contributed by atoms with Crippen molar-refractivity contribution in [3.8, 4) is 0 Å². The van der Waals surface area contributed by atoms with E-state index in [1.54, 1.807) is 0 Å². The van der Waals surface area contributed by atoms with E-state index in [1.165, 1.54) is 0 Å². The molecular formula is C7H8NO7S-. The van der Waals surface area contributed by atoms with Crippen molar-refractivity contribution < 1.29 is 32.7 Å². The van der Waals surface area contributed by atoms with E-state index in [2.05, 4.69) is 9.57 Å². The number of ether oxygens (including phenoxy) is 1. The van der Waals surface area contributed by atoms with Crippen LogP contribution >= 0.6 is 0 Å². The maximum absolute atomic E-state index is 11.0. The summed E-state index contributed by atoms with van der Waals surface area (Å²) in [7, 11) is 0. The monoisotopic (exact) mass is 250 g/mol. The van der Waals surface area contributed by atoms with Gasteiger partial charge in [0.25, 0.3) is 11.8 Å². The minimum atomic E-state index is -2.33. The zero-order chi connectivity index (χ0) is 12.1. The van der Waals surface area contributed by atoms with E-state index in [9.17, 15) is 23.1 Å². The Labute approximate surface area is 92.7 Å². The van der Waals surface area contributed by atoms with Crippen molar-refractivity contribution in [1.82, 2.24) is 5.06 Å². The fourth-order valence-corrected chi connectivity index (χ4v) is 1.17. The fraction of sp³-hybridized carbons (Fsp3) is 0.571. The number of nitrogens with zero attached hydrogens (tertiary/aromatic N) is 1. The molecule has 1 saturated heterocycles. The molecular weight excluding hydrogens is 242 g/mol. The molecule has 0 spiro atoms. The van der Waals surface area contributed by atoms with Gasteiger partial charge in [-0.05, 0) is 0 Å². The highest BCUT2D eigenvalue weighted by Gasteiger charge is 2.33. The van der Waals surface area contributed by atoms with Crippen molar-refractivity contribution in [1.29, 1.82) is 0 Å². The van der Waals surface area contributed by atoms with E-state index in [-0.39, 0.29) is 18.6 Å². The number of amides is 2. The molecule has 0 N–H and O–H groups in total. The maximum atomic E-state index is 11.0. The van der Waals surface area contributed by atoms with Crippen LogP contribution in [0.1, 0.15) is 12.8 Å². The molecule has 1 aliphatic rings. The summed E-state index contributed by atoms with van der Waals surface area (Å²) in [5.74, 6) is -1.64. The average molecular weight is 250 g/mol. The van der Waals surface area contributed by atoms with Crippen LogP contribution in [0, 0.1) is 0 Å². The first kappa shape index (κ1) is 12.6. The van der Waals surface area contributed by atoms with Gasteiger partial charge in [0.1, 0.15) is 6.61 Å². The predicted octanol–water partition coefficient (Wildman–Crippen LogP) is -0.917. The lowest BCUT2D eigenvalue weighted by Gasteiger charge is -2.12. The van der Waals surface area contributed by atoms with Crippen LogP contribution in [0.15, 0.2) is 0 Å². The van der Waals surface area contributed by atoms with Gasteiger partial charge in [0.2, 0.25) is 0 Å². The summed E-state index contributed by atoms with van der Waals surface area (Å²) in [6, 6.07) is 0. The van der Waals surface area contributed by atoms with E-state index in [4.69, 9.17) is 0 Å². The predicted molar refractivity (Wildman–Crippen MR) is 47.3 cm³/mol. The highest BCUT2D eigenvalue weighted by molar-refractivity contribution is 7.79. The topological polar surface area (TPSA) is 113 Å². The summed E-state index contributed by atoms with van der Waals surface area (Å²) >= 11 is -2.33. The molecule has 0 aromatic rings. The lowest BCUT2D eigenvalue weighted by Crippen LogP contribution is -2.32. The van der Waals surface area contributed by atoms with Gasteiger partial charge >= 0.3 is 6.16 Å². The molecule has 1 heterocycles. The molecule has 1 rings (SSSR count). The Kier molecular flexibility index (Phi) is 4.38. The molecule has 0 bridgehead atoms. The Morgan fingerprint density at radius 2 is 1.94 bits per heavy atom. The lowest BCUT2D eigenvalue weighted by molar-refractivity contribution is -0.176. The summed E-state index contributed by atoms with van der Waals surface area (Å²) in [6.07, 6.45) is -1.32. The molecule has 1 unspecified atom stereocenters. The van der Waals surface area contributed by atoms with E-state index >= 15 is 0 Å². The number of rotatable bonds is 4. The van der Waals surface area contributed by atoms with Gasteiger partial charge in [0, 0.05) is 18.6 Å². The Bertz CT molecular complexity index is 326. The molecule has 9 heteroatoms. The Morgan fingerprint density at radius 1 is 1.38 bits per heavy atom. The van der Waals surface area contributed by atoms with Gasteiger partial charge in [-0.2, -0.15) is 0 Å². The van der Waals surface area contributed by atoms with Gasteiger partial charge in [0.15, 0.2) is 0 Å². The van der Waals surface area contributed by atoms with Crippen molar-refractivity contribution in [2.75, 3.05) is 12.4 Å². The van der Waals surface area contributed by atoms with Gasteiger partial charge in [-0.3, -0.25) is 18.6 Å². The minimum absolute atomic E-state index is 0.0172.